The Kier molecular flexibility index (Phi) is 9.41. The molecule has 1 heteroatoms. The first-order valence-electron chi connectivity index (χ1n) is 13.0. The van der Waals surface area contributed by atoms with E-state index in [0.717, 1.165) is 25.7 Å². The molecule has 36 heavy (non-hydrogen) atoms. The van der Waals surface area contributed by atoms with Crippen LogP contribution >= 0.6 is 0 Å². The average molecular weight is 501 g/mol. The third kappa shape index (κ3) is 6.10. The van der Waals surface area contributed by atoms with Crippen molar-refractivity contribution < 1.29 is 21.7 Å². The van der Waals surface area contributed by atoms with Crippen molar-refractivity contribution in [3.8, 4) is 34.6 Å². The SMILES string of the molecule is C#CCCCCCCCc1[c-]c2c(cc1)-c1ccccc1C2.[Ti+2].[c-]1cccc2c1Cc1ccccc1-2. The Bertz CT molecular complexity index is 1300. The van der Waals surface area contributed by atoms with Gasteiger partial charge in [-0.3, -0.25) is 0 Å². The van der Waals surface area contributed by atoms with Crippen LogP contribution in [0.2, 0.25) is 0 Å². The standard InChI is InChI=1S/C22H23.C13H9.Ti/c1-2-3-4-5-6-7-8-11-18-14-15-22-20(16-18)17-19-12-9-10-13-21(19)22;1-3-7-12-10(5-1)9-11-6-2-4-8-13(11)12;/h1,9-10,12-15H,3-8,11,17H2;1-5,7-8H,9H2;/q2*-1;+2. The summed E-state index contributed by atoms with van der Waals surface area (Å²) in [7, 11) is 0. The van der Waals surface area contributed by atoms with Crippen LogP contribution in [0, 0.1) is 24.5 Å². The van der Waals surface area contributed by atoms with E-state index in [-0.39, 0.29) is 21.7 Å². The first-order valence-corrected chi connectivity index (χ1v) is 13.0. The molecule has 0 bridgehead atoms. The van der Waals surface area contributed by atoms with Gasteiger partial charge in [0.1, 0.15) is 0 Å². The Balaban J connectivity index is 0.000000185. The van der Waals surface area contributed by atoms with Crippen LogP contribution in [-0.4, -0.2) is 0 Å². The molecule has 0 amide bonds. The Morgan fingerprint density at radius 1 is 0.639 bits per heavy atom. The molecule has 0 fully saturated rings. The normalized spacial score (nSPS) is 11.6. The number of aryl methyl sites for hydroxylation is 1. The molecular weight excluding hydrogens is 468 g/mol. The van der Waals surface area contributed by atoms with Gasteiger partial charge >= 0.3 is 21.7 Å². The number of unbranched alkanes of at least 4 members (excludes halogenated alkanes) is 5. The van der Waals surface area contributed by atoms with Crippen molar-refractivity contribution in [2.75, 3.05) is 0 Å². The fraction of sp³-hybridized carbons (Fsp3) is 0.257. The van der Waals surface area contributed by atoms with Crippen molar-refractivity contribution >= 4 is 0 Å². The predicted octanol–water partition coefficient (Wildman–Crippen LogP) is 8.63. The van der Waals surface area contributed by atoms with E-state index in [9.17, 15) is 0 Å². The fourth-order valence-corrected chi connectivity index (χ4v) is 5.32. The van der Waals surface area contributed by atoms with E-state index >= 15 is 0 Å². The molecule has 4 aromatic rings. The Hall–Kier alpha value is -2.85. The summed E-state index contributed by atoms with van der Waals surface area (Å²) in [4.78, 5) is 0. The van der Waals surface area contributed by atoms with Crippen LogP contribution in [0.15, 0.2) is 78.9 Å². The molecule has 0 nitrogen and oxygen atoms in total. The average Bonchev–Trinajstić information content (AvgIpc) is 3.46. The van der Waals surface area contributed by atoms with Crippen LogP contribution < -0.4 is 0 Å². The minimum atomic E-state index is 0. The van der Waals surface area contributed by atoms with Crippen LogP contribution in [0.5, 0.6) is 0 Å². The summed E-state index contributed by atoms with van der Waals surface area (Å²) in [6.07, 6.45) is 15.8. The third-order valence-electron chi connectivity index (χ3n) is 7.15. The van der Waals surface area contributed by atoms with Gasteiger partial charge < -0.3 is 0 Å². The molecule has 2 aliphatic rings. The molecule has 0 saturated heterocycles. The van der Waals surface area contributed by atoms with Gasteiger partial charge in [0, 0.05) is 6.42 Å². The van der Waals surface area contributed by atoms with Crippen LogP contribution in [-0.2, 0) is 41.0 Å². The van der Waals surface area contributed by atoms with E-state index in [1.165, 1.54) is 82.2 Å². The topological polar surface area (TPSA) is 0 Å². The second-order valence-electron chi connectivity index (χ2n) is 9.58. The Morgan fingerprint density at radius 2 is 1.25 bits per heavy atom. The zero-order valence-corrected chi connectivity index (χ0v) is 22.5. The van der Waals surface area contributed by atoms with Crippen molar-refractivity contribution in [2.24, 2.45) is 0 Å². The van der Waals surface area contributed by atoms with E-state index in [1.807, 2.05) is 6.07 Å². The molecule has 0 aromatic heterocycles. The summed E-state index contributed by atoms with van der Waals surface area (Å²) < 4.78 is 0. The number of fused-ring (bicyclic) bond motifs is 6. The number of hydrogen-bond donors (Lipinski definition) is 0. The van der Waals surface area contributed by atoms with Gasteiger partial charge in [-0.05, 0) is 19.3 Å². The molecule has 0 atom stereocenters. The zero-order chi connectivity index (χ0) is 23.9. The maximum Gasteiger partial charge on any atom is 2.00 e. The molecule has 6 rings (SSSR count). The molecule has 0 heterocycles. The van der Waals surface area contributed by atoms with Gasteiger partial charge in [0.2, 0.25) is 0 Å². The summed E-state index contributed by atoms with van der Waals surface area (Å²) in [6.45, 7) is 0. The van der Waals surface area contributed by atoms with Crippen LogP contribution in [0.1, 0.15) is 66.3 Å². The van der Waals surface area contributed by atoms with E-state index in [4.69, 9.17) is 6.42 Å². The molecule has 0 N–H and O–H groups in total. The minimum Gasteiger partial charge on any atom is -0.179 e. The van der Waals surface area contributed by atoms with E-state index < -0.39 is 0 Å². The number of benzene rings is 4. The smallest absolute Gasteiger partial charge is 0.179 e. The molecule has 0 aliphatic heterocycles. The van der Waals surface area contributed by atoms with Gasteiger partial charge in [-0.2, -0.15) is 53.6 Å². The quantitative estimate of drug-likeness (QED) is 0.0891. The van der Waals surface area contributed by atoms with Crippen molar-refractivity contribution in [1.29, 1.82) is 0 Å². The third-order valence-corrected chi connectivity index (χ3v) is 7.15. The van der Waals surface area contributed by atoms with Gasteiger partial charge in [-0.15, -0.1) is 29.0 Å². The van der Waals surface area contributed by atoms with Crippen LogP contribution in [0.4, 0.5) is 0 Å². The summed E-state index contributed by atoms with van der Waals surface area (Å²) in [6, 6.07) is 35.0. The van der Waals surface area contributed by atoms with Crippen LogP contribution in [0.3, 0.4) is 0 Å². The summed E-state index contributed by atoms with van der Waals surface area (Å²) in [5, 5.41) is 0. The Morgan fingerprint density at radius 3 is 2.00 bits per heavy atom. The van der Waals surface area contributed by atoms with Crippen molar-refractivity contribution in [3.63, 3.8) is 0 Å². The number of rotatable bonds is 7. The van der Waals surface area contributed by atoms with Gasteiger partial charge in [0.05, 0.1) is 0 Å². The summed E-state index contributed by atoms with van der Waals surface area (Å²) in [5.41, 5.74) is 12.5. The predicted molar refractivity (Wildman–Crippen MR) is 147 cm³/mol. The van der Waals surface area contributed by atoms with Gasteiger partial charge in [0.25, 0.3) is 0 Å². The van der Waals surface area contributed by atoms with Gasteiger partial charge in [0.15, 0.2) is 0 Å². The Labute approximate surface area is 232 Å². The molecular formula is C35H32Ti. The molecule has 0 radical (unpaired) electrons. The first-order chi connectivity index (χ1) is 17.3. The van der Waals surface area contributed by atoms with Crippen molar-refractivity contribution in [3.05, 3.63) is 119 Å². The van der Waals surface area contributed by atoms with E-state index in [0.29, 0.717) is 0 Å². The van der Waals surface area contributed by atoms with E-state index in [1.54, 1.807) is 0 Å². The molecule has 2 aliphatic carbocycles. The van der Waals surface area contributed by atoms with E-state index in [2.05, 4.69) is 90.8 Å². The molecule has 0 unspecified atom stereocenters. The minimum absolute atomic E-state index is 0. The molecule has 0 spiro atoms. The molecule has 0 saturated carbocycles. The second-order valence-corrected chi connectivity index (χ2v) is 9.58. The largest absolute Gasteiger partial charge is 2.00 e. The van der Waals surface area contributed by atoms with Crippen LogP contribution in [0.25, 0.3) is 22.3 Å². The van der Waals surface area contributed by atoms with Gasteiger partial charge in [-0.25, -0.2) is 0 Å². The number of terminal acetylenes is 1. The first kappa shape index (κ1) is 26.2. The summed E-state index contributed by atoms with van der Waals surface area (Å²) >= 11 is 0. The number of hydrogen-bond acceptors (Lipinski definition) is 0. The van der Waals surface area contributed by atoms with Gasteiger partial charge in [-0.1, -0.05) is 103 Å². The maximum atomic E-state index is 5.27. The molecule has 4 aromatic carbocycles. The maximum absolute atomic E-state index is 5.27. The zero-order valence-electron chi connectivity index (χ0n) is 20.9. The van der Waals surface area contributed by atoms with Crippen molar-refractivity contribution in [1.82, 2.24) is 0 Å². The fourth-order valence-electron chi connectivity index (χ4n) is 5.32. The molecule has 176 valence electrons. The second kappa shape index (κ2) is 12.9. The summed E-state index contributed by atoms with van der Waals surface area (Å²) in [5.74, 6) is 2.71. The monoisotopic (exact) mass is 500 g/mol. The van der Waals surface area contributed by atoms with Crippen molar-refractivity contribution in [2.45, 2.75) is 57.8 Å².